The first-order valence-corrected chi connectivity index (χ1v) is 16.1. The first-order chi connectivity index (χ1) is 23.7. The van der Waals surface area contributed by atoms with E-state index < -0.39 is 76.3 Å². The van der Waals surface area contributed by atoms with E-state index in [0.717, 1.165) is 5.69 Å². The van der Waals surface area contributed by atoms with Crippen molar-refractivity contribution < 1.29 is 49.0 Å². The van der Waals surface area contributed by atoms with Crippen LogP contribution in [0.25, 0.3) is 0 Å². The van der Waals surface area contributed by atoms with Gasteiger partial charge in [-0.2, -0.15) is 5.10 Å². The zero-order valence-electron chi connectivity index (χ0n) is 28.3. The van der Waals surface area contributed by atoms with Gasteiger partial charge < -0.3 is 45.3 Å². The number of methoxy groups -OCH3 is 1. The Kier molecular flexibility index (Phi) is 9.18. The van der Waals surface area contributed by atoms with E-state index in [9.17, 15) is 34.8 Å². The summed E-state index contributed by atoms with van der Waals surface area (Å²) in [4.78, 5) is 42.6. The first kappa shape index (κ1) is 35.0. The molecule has 1 aliphatic heterocycles. The van der Waals surface area contributed by atoms with E-state index in [0.29, 0.717) is 5.56 Å². The number of benzene rings is 3. The summed E-state index contributed by atoms with van der Waals surface area (Å²) in [5, 5.41) is 50.2. The third-order valence-electron chi connectivity index (χ3n) is 9.79. The Morgan fingerprint density at radius 2 is 1.74 bits per heavy atom. The summed E-state index contributed by atoms with van der Waals surface area (Å²) in [7, 11) is 5.09. The largest absolute Gasteiger partial charge is 0.507 e. The predicted octanol–water partition coefficient (Wildman–Crippen LogP) is 2.31. The lowest BCUT2D eigenvalue weighted by Crippen LogP contribution is -2.52. The van der Waals surface area contributed by atoms with Crippen LogP contribution in [0.1, 0.15) is 86.1 Å². The van der Waals surface area contributed by atoms with Gasteiger partial charge in [-0.05, 0) is 44.2 Å². The number of fused-ring (bicyclic) bond motifs is 3. The molecule has 2 aliphatic carbocycles. The van der Waals surface area contributed by atoms with Gasteiger partial charge in [-0.3, -0.25) is 14.4 Å². The summed E-state index contributed by atoms with van der Waals surface area (Å²) in [5.74, 6) is -3.11. The third-order valence-corrected chi connectivity index (χ3v) is 9.79. The highest BCUT2D eigenvalue weighted by Gasteiger charge is 2.49. The molecule has 0 bridgehead atoms. The molecule has 0 radical (unpaired) electrons. The van der Waals surface area contributed by atoms with Crippen LogP contribution in [0.15, 0.2) is 47.6 Å². The van der Waals surface area contributed by atoms with Crippen molar-refractivity contribution in [3.63, 3.8) is 0 Å². The lowest BCUT2D eigenvalue weighted by atomic mass is 9.71. The van der Waals surface area contributed by atoms with E-state index in [-0.39, 0.29) is 53.0 Å². The van der Waals surface area contributed by atoms with Crippen LogP contribution >= 0.6 is 0 Å². The number of nitrogens with zero attached hydrogens (tertiary/aromatic N) is 2. The number of hydrazone groups is 1. The van der Waals surface area contributed by atoms with Gasteiger partial charge in [0.2, 0.25) is 5.78 Å². The van der Waals surface area contributed by atoms with E-state index in [2.05, 4.69) is 10.5 Å². The van der Waals surface area contributed by atoms with Crippen LogP contribution in [0.4, 0.5) is 5.69 Å². The number of phenols is 2. The van der Waals surface area contributed by atoms with Gasteiger partial charge in [-0.15, -0.1) is 0 Å². The van der Waals surface area contributed by atoms with E-state index in [1.165, 1.54) is 32.2 Å². The van der Waals surface area contributed by atoms with E-state index in [1.54, 1.807) is 31.2 Å². The molecule has 14 heteroatoms. The predicted molar refractivity (Wildman–Crippen MR) is 181 cm³/mol. The Labute approximate surface area is 288 Å². The molecular formula is C36H40N4O10. The molecule has 3 aromatic rings. The number of aliphatic hydroxyl groups excluding tert-OH is 1. The minimum atomic E-state index is -1.90. The van der Waals surface area contributed by atoms with Crippen LogP contribution in [-0.2, 0) is 15.9 Å². The number of rotatable bonds is 7. The third kappa shape index (κ3) is 5.88. The minimum absolute atomic E-state index is 0.0217. The molecule has 6 rings (SSSR count). The average Bonchev–Trinajstić information content (AvgIpc) is 3.09. The van der Waals surface area contributed by atoms with E-state index >= 15 is 0 Å². The molecule has 0 saturated carbocycles. The Balaban J connectivity index is 1.42. The summed E-state index contributed by atoms with van der Waals surface area (Å²) in [6, 6.07) is 10.6. The fraction of sp³-hybridized carbons (Fsp3) is 0.389. The molecule has 7 N–H and O–H groups in total. The van der Waals surface area contributed by atoms with Crippen molar-refractivity contribution in [2.24, 2.45) is 10.8 Å². The summed E-state index contributed by atoms with van der Waals surface area (Å²) >= 11 is 0. The van der Waals surface area contributed by atoms with Crippen molar-refractivity contribution in [1.82, 2.24) is 5.43 Å². The fourth-order valence-corrected chi connectivity index (χ4v) is 6.88. The molecule has 3 aromatic carbocycles. The highest BCUT2D eigenvalue weighted by Crippen LogP contribution is 2.52. The van der Waals surface area contributed by atoms with Gasteiger partial charge in [-0.1, -0.05) is 12.1 Å². The Morgan fingerprint density at radius 1 is 1.06 bits per heavy atom. The molecule has 264 valence electrons. The SMILES string of the molecule is COc1cccc2c1C(=O)c1c(O)c3c(c(O)c1C2=O)CC(O)(/C(C)=N/NC(=O)c1ccc(N(C)C)cc1)CC3OC1CC(N)C(O)C(C)O1. The molecule has 50 heavy (non-hydrogen) atoms. The van der Waals surface area contributed by atoms with Crippen molar-refractivity contribution in [3.05, 3.63) is 81.4 Å². The van der Waals surface area contributed by atoms with Crippen LogP contribution in [0.5, 0.6) is 17.2 Å². The molecule has 1 amide bonds. The smallest absolute Gasteiger partial charge is 0.271 e. The topological polar surface area (TPSA) is 213 Å². The van der Waals surface area contributed by atoms with Gasteiger partial charge >= 0.3 is 0 Å². The number of nitrogens with two attached hydrogens (primary N) is 1. The first-order valence-electron chi connectivity index (χ1n) is 16.1. The number of nitrogens with one attached hydrogen (secondary N) is 1. The van der Waals surface area contributed by atoms with Crippen LogP contribution in [-0.4, -0.2) is 95.0 Å². The lowest BCUT2D eigenvalue weighted by molar-refractivity contribution is -0.245. The quantitative estimate of drug-likeness (QED) is 0.0938. The van der Waals surface area contributed by atoms with Crippen molar-refractivity contribution >= 4 is 28.9 Å². The molecular weight excluding hydrogens is 648 g/mol. The van der Waals surface area contributed by atoms with Crippen molar-refractivity contribution in [3.8, 4) is 17.2 Å². The van der Waals surface area contributed by atoms with Gasteiger partial charge in [0, 0.05) is 67.3 Å². The maximum absolute atomic E-state index is 13.9. The second kappa shape index (κ2) is 13.1. The summed E-state index contributed by atoms with van der Waals surface area (Å²) in [6.45, 7) is 3.10. The Hall–Kier alpha value is -4.86. The number of hydrogen-bond acceptors (Lipinski definition) is 13. The molecule has 1 heterocycles. The van der Waals surface area contributed by atoms with Gasteiger partial charge in [-0.25, -0.2) is 5.43 Å². The van der Waals surface area contributed by atoms with Crippen LogP contribution in [0, 0.1) is 0 Å². The van der Waals surface area contributed by atoms with Crippen molar-refractivity contribution in [1.29, 1.82) is 0 Å². The number of amides is 1. The molecule has 1 saturated heterocycles. The van der Waals surface area contributed by atoms with Crippen LogP contribution < -0.4 is 20.8 Å². The van der Waals surface area contributed by atoms with Gasteiger partial charge in [0.15, 0.2) is 12.1 Å². The lowest BCUT2D eigenvalue weighted by Gasteiger charge is -2.42. The number of hydrogen-bond donors (Lipinski definition) is 6. The van der Waals surface area contributed by atoms with Crippen molar-refractivity contribution in [2.75, 3.05) is 26.1 Å². The van der Waals surface area contributed by atoms with Gasteiger partial charge in [0.05, 0.1) is 47.8 Å². The zero-order valence-corrected chi connectivity index (χ0v) is 28.3. The molecule has 14 nitrogen and oxygen atoms in total. The molecule has 6 atom stereocenters. The maximum Gasteiger partial charge on any atom is 0.271 e. The van der Waals surface area contributed by atoms with Crippen LogP contribution in [0.3, 0.4) is 0 Å². The molecule has 1 fully saturated rings. The molecule has 3 aliphatic rings. The van der Waals surface area contributed by atoms with E-state index in [1.807, 2.05) is 19.0 Å². The normalized spacial score (nSPS) is 26.1. The summed E-state index contributed by atoms with van der Waals surface area (Å²) < 4.78 is 17.5. The Bertz CT molecular complexity index is 1900. The number of carbonyl (C=O) groups excluding carboxylic acids is 3. The van der Waals surface area contributed by atoms with Crippen LogP contribution in [0.2, 0.25) is 0 Å². The van der Waals surface area contributed by atoms with Gasteiger partial charge in [0.25, 0.3) is 5.91 Å². The summed E-state index contributed by atoms with van der Waals surface area (Å²) in [5.41, 5.74) is 6.94. The highest BCUT2D eigenvalue weighted by molar-refractivity contribution is 6.31. The second-order valence-electron chi connectivity index (χ2n) is 13.2. The van der Waals surface area contributed by atoms with E-state index in [4.69, 9.17) is 19.9 Å². The fourth-order valence-electron chi connectivity index (χ4n) is 6.88. The monoisotopic (exact) mass is 688 g/mol. The number of anilines is 1. The number of aliphatic hydroxyl groups is 2. The van der Waals surface area contributed by atoms with Gasteiger partial charge in [0.1, 0.15) is 22.8 Å². The molecule has 6 unspecified atom stereocenters. The number of aromatic hydroxyl groups is 2. The molecule has 0 spiro atoms. The number of phenolic OH excluding ortho intramolecular Hbond substituents is 2. The highest BCUT2D eigenvalue weighted by atomic mass is 16.7. The average molecular weight is 689 g/mol. The second-order valence-corrected chi connectivity index (χ2v) is 13.2. The minimum Gasteiger partial charge on any atom is -0.507 e. The standard InChI is InChI=1S/C36H40N4O10/c1-16-30(41)22(37)13-25(49-16)50-24-15-36(47,17(2)38-39-35(46)18-9-11-19(12-10-18)40(3)4)14-21-27(24)34(45)29-28(32(21)43)31(42)20-7-6-8-23(48-5)26(20)33(29)44/h6-12,16,22,24-25,30,41,43,45,47H,13-15,37H2,1-5H3,(H,39,46)/b38-17+. The number of ether oxygens (including phenoxy) is 3. The summed E-state index contributed by atoms with van der Waals surface area (Å²) in [6.07, 6.45) is -4.56. The molecule has 0 aromatic heterocycles. The zero-order chi connectivity index (χ0) is 36.2. The Morgan fingerprint density at radius 3 is 2.38 bits per heavy atom. The maximum atomic E-state index is 13.9. The van der Waals surface area contributed by atoms with Crippen molar-refractivity contribution in [2.45, 2.75) is 69.4 Å². The number of ketones is 2. The number of carbonyl (C=O) groups is 3.